The van der Waals surface area contributed by atoms with E-state index in [2.05, 4.69) is 0 Å². The topological polar surface area (TPSA) is 46.2 Å². The van der Waals surface area contributed by atoms with Crippen LogP contribution in [-0.2, 0) is 0 Å². The van der Waals surface area contributed by atoms with Crippen LogP contribution >= 0.6 is 0 Å². The molecule has 0 aliphatic heterocycles. The first-order valence-corrected chi connectivity index (χ1v) is 3.34. The summed E-state index contributed by atoms with van der Waals surface area (Å²) in [5.74, 6) is 0. The molecule has 2 unspecified atom stereocenters. The lowest BCUT2D eigenvalue weighted by Gasteiger charge is -2.14. The molecule has 2 nitrogen and oxygen atoms in total. The SMILES string of the molecule is CC(N)CCC(O)C(F)(F)F. The van der Waals surface area contributed by atoms with E-state index in [-0.39, 0.29) is 18.9 Å². The number of alkyl halides is 3. The lowest BCUT2D eigenvalue weighted by Crippen LogP contribution is -2.30. The molecule has 0 aromatic rings. The molecular weight excluding hydrogens is 159 g/mol. The average Bonchev–Trinajstić information content (AvgIpc) is 1.80. The van der Waals surface area contributed by atoms with Crippen LogP contribution in [0.15, 0.2) is 0 Å². The molecule has 68 valence electrons. The van der Waals surface area contributed by atoms with E-state index in [0.717, 1.165) is 0 Å². The van der Waals surface area contributed by atoms with Crippen LogP contribution in [0.4, 0.5) is 13.2 Å². The van der Waals surface area contributed by atoms with Gasteiger partial charge in [-0.25, -0.2) is 0 Å². The fourth-order valence-corrected chi connectivity index (χ4v) is 0.584. The fourth-order valence-electron chi connectivity index (χ4n) is 0.584. The third-order valence-corrected chi connectivity index (χ3v) is 1.27. The molecule has 11 heavy (non-hydrogen) atoms. The van der Waals surface area contributed by atoms with Gasteiger partial charge in [0.15, 0.2) is 0 Å². The van der Waals surface area contributed by atoms with Gasteiger partial charge in [-0.15, -0.1) is 0 Å². The van der Waals surface area contributed by atoms with Crippen molar-refractivity contribution in [3.8, 4) is 0 Å². The molecule has 0 saturated carbocycles. The lowest BCUT2D eigenvalue weighted by molar-refractivity contribution is -0.205. The van der Waals surface area contributed by atoms with Gasteiger partial charge in [0.1, 0.15) is 6.10 Å². The van der Waals surface area contributed by atoms with Gasteiger partial charge < -0.3 is 10.8 Å². The fraction of sp³-hybridized carbons (Fsp3) is 1.00. The Morgan fingerprint density at radius 1 is 1.36 bits per heavy atom. The molecule has 0 aliphatic carbocycles. The summed E-state index contributed by atoms with van der Waals surface area (Å²) < 4.78 is 34.8. The molecule has 0 amide bonds. The number of rotatable bonds is 3. The molecule has 0 saturated heterocycles. The molecule has 3 N–H and O–H groups in total. The van der Waals surface area contributed by atoms with Gasteiger partial charge in [0.05, 0.1) is 0 Å². The second kappa shape index (κ2) is 3.92. The largest absolute Gasteiger partial charge is 0.414 e. The van der Waals surface area contributed by atoms with Gasteiger partial charge in [-0.05, 0) is 19.8 Å². The summed E-state index contributed by atoms with van der Waals surface area (Å²) in [5, 5.41) is 8.45. The van der Waals surface area contributed by atoms with E-state index in [1.54, 1.807) is 6.92 Å². The van der Waals surface area contributed by atoms with E-state index in [1.807, 2.05) is 0 Å². The Hall–Kier alpha value is -0.290. The van der Waals surface area contributed by atoms with Crippen LogP contribution in [0.5, 0.6) is 0 Å². The Labute approximate surface area is 63.2 Å². The first-order valence-electron chi connectivity index (χ1n) is 3.34. The van der Waals surface area contributed by atoms with Gasteiger partial charge in [-0.1, -0.05) is 0 Å². The molecule has 5 heteroatoms. The highest BCUT2D eigenvalue weighted by atomic mass is 19.4. The van der Waals surface area contributed by atoms with Crippen LogP contribution in [0.1, 0.15) is 19.8 Å². The van der Waals surface area contributed by atoms with Gasteiger partial charge in [0.2, 0.25) is 0 Å². The van der Waals surface area contributed by atoms with Crippen molar-refractivity contribution < 1.29 is 18.3 Å². The predicted molar refractivity (Wildman–Crippen MR) is 34.9 cm³/mol. The number of aliphatic hydroxyl groups excluding tert-OH is 1. The first-order chi connectivity index (χ1) is 4.84. The van der Waals surface area contributed by atoms with Crippen LogP contribution in [0.2, 0.25) is 0 Å². The van der Waals surface area contributed by atoms with Crippen LogP contribution in [0, 0.1) is 0 Å². The third-order valence-electron chi connectivity index (χ3n) is 1.27. The minimum absolute atomic E-state index is 0.181. The molecule has 0 fully saturated rings. The Morgan fingerprint density at radius 3 is 2.09 bits per heavy atom. The Kier molecular flexibility index (Phi) is 3.82. The highest BCUT2D eigenvalue weighted by molar-refractivity contribution is 4.67. The van der Waals surface area contributed by atoms with Crippen molar-refractivity contribution in [3.05, 3.63) is 0 Å². The van der Waals surface area contributed by atoms with Crippen LogP contribution in [-0.4, -0.2) is 23.4 Å². The van der Waals surface area contributed by atoms with Crippen molar-refractivity contribution >= 4 is 0 Å². The molecule has 0 rings (SSSR count). The monoisotopic (exact) mass is 171 g/mol. The summed E-state index contributed by atoms with van der Waals surface area (Å²) in [5.41, 5.74) is 5.21. The Balaban J connectivity index is 3.61. The Morgan fingerprint density at radius 2 is 1.82 bits per heavy atom. The molecule has 0 aromatic carbocycles. The van der Waals surface area contributed by atoms with Crippen molar-refractivity contribution in [1.29, 1.82) is 0 Å². The zero-order chi connectivity index (χ0) is 9.07. The second-order valence-electron chi connectivity index (χ2n) is 2.61. The zero-order valence-corrected chi connectivity index (χ0v) is 6.23. The summed E-state index contributed by atoms with van der Waals surface area (Å²) in [7, 11) is 0. The summed E-state index contributed by atoms with van der Waals surface area (Å²) in [6.07, 6.45) is -6.87. The lowest BCUT2D eigenvalue weighted by atomic mass is 10.1. The van der Waals surface area contributed by atoms with E-state index in [1.165, 1.54) is 0 Å². The smallest absolute Gasteiger partial charge is 0.384 e. The summed E-state index contributed by atoms with van der Waals surface area (Å²) in [4.78, 5) is 0. The van der Waals surface area contributed by atoms with Gasteiger partial charge in [0, 0.05) is 6.04 Å². The van der Waals surface area contributed by atoms with Gasteiger partial charge in [-0.3, -0.25) is 0 Å². The number of aliphatic hydroxyl groups is 1. The summed E-state index contributed by atoms with van der Waals surface area (Å²) in [6, 6.07) is -0.299. The van der Waals surface area contributed by atoms with Crippen molar-refractivity contribution in [2.45, 2.75) is 38.1 Å². The van der Waals surface area contributed by atoms with Crippen molar-refractivity contribution in [1.82, 2.24) is 0 Å². The molecule has 2 atom stereocenters. The van der Waals surface area contributed by atoms with E-state index in [4.69, 9.17) is 10.8 Å². The summed E-state index contributed by atoms with van der Waals surface area (Å²) in [6.45, 7) is 1.60. The molecule has 0 heterocycles. The predicted octanol–water partition coefficient (Wildman–Crippen LogP) is 1.04. The maximum absolute atomic E-state index is 11.6. The molecular formula is C6H12F3NO. The number of nitrogens with two attached hydrogens (primary N) is 1. The highest BCUT2D eigenvalue weighted by Gasteiger charge is 2.37. The maximum atomic E-state index is 11.6. The third kappa shape index (κ3) is 5.03. The molecule has 0 aliphatic rings. The molecule has 0 bridgehead atoms. The molecule has 0 spiro atoms. The standard InChI is InChI=1S/C6H12F3NO/c1-4(10)2-3-5(11)6(7,8)9/h4-5,11H,2-3,10H2,1H3. The number of hydrogen-bond donors (Lipinski definition) is 2. The molecule has 0 aromatic heterocycles. The number of halogens is 3. The van der Waals surface area contributed by atoms with Crippen molar-refractivity contribution in [2.75, 3.05) is 0 Å². The molecule has 0 radical (unpaired) electrons. The Bertz CT molecular complexity index is 113. The van der Waals surface area contributed by atoms with Crippen LogP contribution < -0.4 is 5.73 Å². The van der Waals surface area contributed by atoms with E-state index in [9.17, 15) is 13.2 Å². The minimum atomic E-state index is -4.51. The maximum Gasteiger partial charge on any atom is 0.414 e. The van der Waals surface area contributed by atoms with Crippen LogP contribution in [0.25, 0.3) is 0 Å². The van der Waals surface area contributed by atoms with Crippen LogP contribution in [0.3, 0.4) is 0 Å². The summed E-state index contributed by atoms with van der Waals surface area (Å²) >= 11 is 0. The van der Waals surface area contributed by atoms with Crippen molar-refractivity contribution in [2.24, 2.45) is 5.73 Å². The van der Waals surface area contributed by atoms with Gasteiger partial charge >= 0.3 is 6.18 Å². The zero-order valence-electron chi connectivity index (χ0n) is 6.23. The highest BCUT2D eigenvalue weighted by Crippen LogP contribution is 2.23. The van der Waals surface area contributed by atoms with E-state index >= 15 is 0 Å². The van der Waals surface area contributed by atoms with Gasteiger partial charge in [-0.2, -0.15) is 13.2 Å². The quantitative estimate of drug-likeness (QED) is 0.666. The average molecular weight is 171 g/mol. The van der Waals surface area contributed by atoms with E-state index in [0.29, 0.717) is 0 Å². The van der Waals surface area contributed by atoms with Crippen molar-refractivity contribution in [3.63, 3.8) is 0 Å². The first kappa shape index (κ1) is 10.7. The normalized spacial score (nSPS) is 18.0. The minimum Gasteiger partial charge on any atom is -0.384 e. The second-order valence-corrected chi connectivity index (χ2v) is 2.61. The van der Waals surface area contributed by atoms with Gasteiger partial charge in [0.25, 0.3) is 0 Å². The van der Waals surface area contributed by atoms with E-state index < -0.39 is 12.3 Å². The number of hydrogen-bond acceptors (Lipinski definition) is 2.